The summed E-state index contributed by atoms with van der Waals surface area (Å²) in [6.45, 7) is 4.10. The summed E-state index contributed by atoms with van der Waals surface area (Å²) in [4.78, 5) is 16.3. The summed E-state index contributed by atoms with van der Waals surface area (Å²) in [5.74, 6) is -0.0240. The second-order valence-electron chi connectivity index (χ2n) is 11.2. The number of aryl methyl sites for hydroxylation is 1. The van der Waals surface area contributed by atoms with Crippen LogP contribution in [0.3, 0.4) is 0 Å². The molecule has 0 spiro atoms. The first-order valence-corrected chi connectivity index (χ1v) is 15.8. The smallest absolute Gasteiger partial charge is 0.271 e. The van der Waals surface area contributed by atoms with Crippen molar-refractivity contribution in [3.63, 3.8) is 0 Å². The number of carbonyl (C=O) groups excluding carboxylic acids is 1. The molecule has 1 aliphatic heterocycles. The van der Waals surface area contributed by atoms with Crippen molar-refractivity contribution in [3.8, 4) is 16.9 Å². The second kappa shape index (κ2) is 12.5. The van der Waals surface area contributed by atoms with Crippen LogP contribution in [0.4, 0.5) is 0 Å². The molecular weight excluding hydrogens is 566 g/mol. The van der Waals surface area contributed by atoms with Crippen molar-refractivity contribution in [1.29, 1.82) is 0 Å². The van der Waals surface area contributed by atoms with Crippen molar-refractivity contribution in [2.75, 3.05) is 33.9 Å². The van der Waals surface area contributed by atoms with Gasteiger partial charge >= 0.3 is 0 Å². The van der Waals surface area contributed by atoms with Crippen molar-refractivity contribution in [2.24, 2.45) is 13.0 Å². The fourth-order valence-corrected chi connectivity index (χ4v) is 7.04. The number of benzene rings is 3. The number of likely N-dealkylation sites (N-methyl/N-ethyl adjacent to an activating group) is 1. The molecule has 3 atom stereocenters. The van der Waals surface area contributed by atoms with Crippen molar-refractivity contribution in [3.05, 3.63) is 84.1 Å². The van der Waals surface area contributed by atoms with E-state index in [0.29, 0.717) is 11.4 Å². The largest absolute Gasteiger partial charge is 0.497 e. The van der Waals surface area contributed by atoms with E-state index < -0.39 is 22.2 Å². The molecule has 0 fully saturated rings. The molecule has 2 heterocycles. The summed E-state index contributed by atoms with van der Waals surface area (Å²) in [5.41, 5.74) is 4.07. The summed E-state index contributed by atoms with van der Waals surface area (Å²) >= 11 is 0. The summed E-state index contributed by atoms with van der Waals surface area (Å²) in [5, 5.41) is 11.2. The molecule has 0 radical (unpaired) electrons. The number of hydrogen-bond acceptors (Lipinski definition) is 6. The molecule has 1 aliphatic rings. The Balaban J connectivity index is 1.59. The minimum absolute atomic E-state index is 0.0638. The third-order valence-corrected chi connectivity index (χ3v) is 10.2. The number of ether oxygens (including phenoxy) is 2. The Kier molecular flexibility index (Phi) is 8.94. The maximum Gasteiger partial charge on any atom is 0.271 e. The quantitative estimate of drug-likeness (QED) is 0.332. The number of fused-ring (bicyclic) bond motifs is 5. The first-order chi connectivity index (χ1) is 20.6. The first kappa shape index (κ1) is 30.7. The number of aliphatic hydroxyl groups excluding tert-OH is 1. The van der Waals surface area contributed by atoms with Crippen LogP contribution in [0.2, 0.25) is 0 Å². The van der Waals surface area contributed by atoms with Gasteiger partial charge in [0.1, 0.15) is 11.4 Å². The highest BCUT2D eigenvalue weighted by Gasteiger charge is 2.35. The zero-order valence-electron chi connectivity index (χ0n) is 25.2. The Morgan fingerprint density at radius 3 is 2.56 bits per heavy atom. The van der Waals surface area contributed by atoms with E-state index in [9.17, 15) is 18.3 Å². The van der Waals surface area contributed by atoms with Crippen LogP contribution in [0.5, 0.6) is 5.75 Å². The van der Waals surface area contributed by atoms with Gasteiger partial charge in [-0.3, -0.25) is 4.79 Å². The second-order valence-corrected chi connectivity index (χ2v) is 13.3. The summed E-state index contributed by atoms with van der Waals surface area (Å²) in [7, 11) is 1.06. The molecule has 1 amide bonds. The predicted octanol–water partition coefficient (Wildman–Crippen LogP) is 4.53. The Morgan fingerprint density at radius 2 is 1.81 bits per heavy atom. The number of nitrogens with zero attached hydrogens (tertiary/aromatic N) is 3. The van der Waals surface area contributed by atoms with Crippen LogP contribution in [-0.2, 0) is 28.4 Å². The van der Waals surface area contributed by atoms with Crippen LogP contribution in [0.25, 0.3) is 22.0 Å². The molecule has 10 heteroatoms. The molecule has 4 aromatic rings. The Hall–Kier alpha value is -3.70. The molecule has 1 N–H and O–H groups in total. The molecule has 0 saturated heterocycles. The molecule has 0 aliphatic carbocycles. The highest BCUT2D eigenvalue weighted by atomic mass is 32.2. The maximum absolute atomic E-state index is 14.5. The SMILES string of the molecule is COc1cccc(S(=O)(=O)N(C)C[C@H]2OCc3ccccc3-c3c(n(C)c4ccccc34)C(=O)N([C@H](C)CO)C[C@@H]2C)c1. The van der Waals surface area contributed by atoms with Crippen molar-refractivity contribution in [1.82, 2.24) is 13.8 Å². The minimum atomic E-state index is -3.86. The van der Waals surface area contributed by atoms with Gasteiger partial charge in [0.15, 0.2) is 0 Å². The number of aromatic nitrogens is 1. The van der Waals surface area contributed by atoms with Gasteiger partial charge in [-0.1, -0.05) is 55.5 Å². The molecule has 1 aromatic heterocycles. The van der Waals surface area contributed by atoms with Crippen LogP contribution in [0.1, 0.15) is 29.9 Å². The molecule has 5 rings (SSSR count). The zero-order valence-corrected chi connectivity index (χ0v) is 26.0. The first-order valence-electron chi connectivity index (χ1n) is 14.4. The van der Waals surface area contributed by atoms with E-state index in [-0.39, 0.29) is 43.0 Å². The Labute approximate surface area is 253 Å². The zero-order chi connectivity index (χ0) is 30.9. The molecule has 0 unspecified atom stereocenters. The van der Waals surface area contributed by atoms with Gasteiger partial charge in [0.2, 0.25) is 10.0 Å². The highest BCUT2D eigenvalue weighted by Crippen LogP contribution is 2.38. The average Bonchev–Trinajstić information content (AvgIpc) is 3.31. The number of para-hydroxylation sites is 1. The van der Waals surface area contributed by atoms with E-state index in [1.165, 1.54) is 30.6 Å². The maximum atomic E-state index is 14.5. The Morgan fingerprint density at radius 1 is 1.09 bits per heavy atom. The van der Waals surface area contributed by atoms with E-state index in [1.54, 1.807) is 17.0 Å². The van der Waals surface area contributed by atoms with Gasteiger partial charge in [0.25, 0.3) is 5.91 Å². The number of rotatable bonds is 7. The lowest BCUT2D eigenvalue weighted by Gasteiger charge is -2.35. The van der Waals surface area contributed by atoms with E-state index >= 15 is 0 Å². The fraction of sp³-hybridized carbons (Fsp3) is 0.364. The van der Waals surface area contributed by atoms with E-state index in [1.807, 2.05) is 74.0 Å². The van der Waals surface area contributed by atoms with Crippen LogP contribution >= 0.6 is 0 Å². The summed E-state index contributed by atoms with van der Waals surface area (Å²) in [6, 6.07) is 21.7. The highest BCUT2D eigenvalue weighted by molar-refractivity contribution is 7.89. The van der Waals surface area contributed by atoms with E-state index in [4.69, 9.17) is 9.47 Å². The lowest BCUT2D eigenvalue weighted by atomic mass is 9.96. The monoisotopic (exact) mass is 605 g/mol. The molecule has 0 bridgehead atoms. The fourth-order valence-electron chi connectivity index (χ4n) is 5.82. The molecule has 3 aromatic carbocycles. The van der Waals surface area contributed by atoms with E-state index in [0.717, 1.165) is 27.6 Å². The third kappa shape index (κ3) is 5.80. The number of hydrogen-bond donors (Lipinski definition) is 1. The van der Waals surface area contributed by atoms with E-state index in [2.05, 4.69) is 0 Å². The standard InChI is InChI=1S/C33H39N3O6S/c1-22-18-36(23(2)20-37)33(38)32-31(28-15-8-9-16-29(28)35(32)4)27-14-7-6-11-24(27)21-42-30(22)19-34(3)43(39,40)26-13-10-12-25(17-26)41-5/h6-17,22-23,30,37H,18-21H2,1-5H3/t22-,23+,30+/m0/s1. The van der Waals surface area contributed by atoms with Crippen molar-refractivity contribution >= 4 is 26.8 Å². The van der Waals surface area contributed by atoms with Gasteiger partial charge in [-0.15, -0.1) is 0 Å². The summed E-state index contributed by atoms with van der Waals surface area (Å²) in [6.07, 6.45) is -0.558. The van der Waals surface area contributed by atoms with Gasteiger partial charge in [0, 0.05) is 55.6 Å². The number of amides is 1. The van der Waals surface area contributed by atoms with Gasteiger partial charge in [0.05, 0.1) is 37.4 Å². The molecular formula is C33H39N3O6S. The molecule has 43 heavy (non-hydrogen) atoms. The van der Waals surface area contributed by atoms with Crippen LogP contribution in [0.15, 0.2) is 77.7 Å². The van der Waals surface area contributed by atoms with Crippen LogP contribution in [0, 0.1) is 5.92 Å². The minimum Gasteiger partial charge on any atom is -0.497 e. The van der Waals surface area contributed by atoms with Gasteiger partial charge in [-0.05, 0) is 36.2 Å². The molecule has 0 saturated carbocycles. The van der Waals surface area contributed by atoms with Crippen LogP contribution in [-0.4, -0.2) is 79.2 Å². The average molecular weight is 606 g/mol. The van der Waals surface area contributed by atoms with Crippen molar-refractivity contribution < 1.29 is 27.8 Å². The summed E-state index contributed by atoms with van der Waals surface area (Å²) < 4.78 is 42.2. The van der Waals surface area contributed by atoms with Crippen LogP contribution < -0.4 is 4.74 Å². The number of aliphatic hydroxyl groups is 1. The van der Waals surface area contributed by atoms with Gasteiger partial charge in [-0.25, -0.2) is 8.42 Å². The molecule has 9 nitrogen and oxygen atoms in total. The predicted molar refractivity (Wildman–Crippen MR) is 166 cm³/mol. The normalized spacial score (nSPS) is 18.7. The number of methoxy groups -OCH3 is 1. The Bertz CT molecular complexity index is 1730. The molecule has 228 valence electrons. The van der Waals surface area contributed by atoms with Gasteiger partial charge in [-0.2, -0.15) is 4.31 Å². The third-order valence-electron chi connectivity index (χ3n) is 8.41. The van der Waals surface area contributed by atoms with Crippen molar-refractivity contribution in [2.45, 2.75) is 37.5 Å². The number of sulfonamides is 1. The number of carbonyl (C=O) groups is 1. The van der Waals surface area contributed by atoms with Gasteiger partial charge < -0.3 is 24.0 Å². The lowest BCUT2D eigenvalue weighted by molar-refractivity contribution is -0.0147. The lowest BCUT2D eigenvalue weighted by Crippen LogP contribution is -2.48. The topological polar surface area (TPSA) is 101 Å².